The van der Waals surface area contributed by atoms with Gasteiger partial charge in [0.15, 0.2) is 0 Å². The summed E-state index contributed by atoms with van der Waals surface area (Å²) in [5.41, 5.74) is 3.63. The Labute approximate surface area is 186 Å². The Bertz CT molecular complexity index is 1170. The summed E-state index contributed by atoms with van der Waals surface area (Å²) in [5, 5.41) is 4.10. The van der Waals surface area contributed by atoms with Crippen LogP contribution in [0.5, 0.6) is 0 Å². The topological polar surface area (TPSA) is 84.2 Å². The predicted octanol–water partition coefficient (Wildman–Crippen LogP) is 2.63. The Balaban J connectivity index is 1.41. The molecule has 0 radical (unpaired) electrons. The van der Waals surface area contributed by atoms with Crippen LogP contribution < -0.4 is 4.90 Å². The number of aryl methyl sites for hydroxylation is 2. The third-order valence-corrected chi connectivity index (χ3v) is 6.33. The first kappa shape index (κ1) is 20.4. The highest BCUT2D eigenvalue weighted by Gasteiger charge is 2.33. The van der Waals surface area contributed by atoms with Gasteiger partial charge in [0, 0.05) is 49.9 Å². The maximum atomic E-state index is 12.8. The molecule has 2 amide bonds. The number of hydrogen-bond acceptors (Lipinski definition) is 5. The second-order valence-corrected chi connectivity index (χ2v) is 8.57. The Hall–Kier alpha value is -3.55. The minimum absolute atomic E-state index is 0.0174. The van der Waals surface area contributed by atoms with E-state index in [1.165, 1.54) is 0 Å². The zero-order valence-electron chi connectivity index (χ0n) is 18.4. The lowest BCUT2D eigenvalue weighted by Gasteiger charge is -2.30. The molecule has 8 nitrogen and oxygen atoms in total. The van der Waals surface area contributed by atoms with Crippen LogP contribution in [-0.4, -0.2) is 49.6 Å². The Kier molecular flexibility index (Phi) is 5.20. The van der Waals surface area contributed by atoms with Crippen LogP contribution >= 0.6 is 0 Å². The number of aromatic nitrogens is 4. The van der Waals surface area contributed by atoms with Crippen LogP contribution in [0.3, 0.4) is 0 Å². The van der Waals surface area contributed by atoms with E-state index in [0.29, 0.717) is 38.0 Å². The smallest absolute Gasteiger partial charge is 0.257 e. The molecule has 164 valence electrons. The van der Waals surface area contributed by atoms with E-state index in [9.17, 15) is 9.59 Å². The standard InChI is InChI=1S/C24H26N6O2/c1-16-20-8-9-21(31)30(13-17-6-4-3-5-7-17)23(20)27-22(26-16)18-10-11-29(15-18)24(32)19-12-25-28(2)14-19/h3-7,12,14,18H,8-11,13,15H2,1-2H3/t18-/m0/s1. The highest BCUT2D eigenvalue weighted by molar-refractivity contribution is 5.95. The molecule has 0 N–H and O–H groups in total. The largest absolute Gasteiger partial charge is 0.338 e. The average molecular weight is 431 g/mol. The van der Waals surface area contributed by atoms with E-state index in [1.54, 1.807) is 29.0 Å². The predicted molar refractivity (Wildman–Crippen MR) is 119 cm³/mol. The second kappa shape index (κ2) is 8.18. The Morgan fingerprint density at radius 2 is 1.97 bits per heavy atom. The first-order valence-electron chi connectivity index (χ1n) is 11.0. The molecule has 0 bridgehead atoms. The van der Waals surface area contributed by atoms with Crippen molar-refractivity contribution in [3.05, 3.63) is 70.9 Å². The summed E-state index contributed by atoms with van der Waals surface area (Å²) in [6.07, 6.45) is 5.28. The molecule has 3 aromatic rings. The van der Waals surface area contributed by atoms with Gasteiger partial charge in [0.1, 0.15) is 11.6 Å². The fraction of sp³-hybridized carbons (Fsp3) is 0.375. The molecule has 2 aromatic heterocycles. The fourth-order valence-corrected chi connectivity index (χ4v) is 4.58. The van der Waals surface area contributed by atoms with Crippen molar-refractivity contribution in [1.82, 2.24) is 24.6 Å². The van der Waals surface area contributed by atoms with Gasteiger partial charge in [-0.25, -0.2) is 9.97 Å². The second-order valence-electron chi connectivity index (χ2n) is 8.57. The lowest BCUT2D eigenvalue weighted by atomic mass is 10.0. The van der Waals surface area contributed by atoms with Gasteiger partial charge in [-0.2, -0.15) is 5.10 Å². The molecule has 32 heavy (non-hydrogen) atoms. The summed E-state index contributed by atoms with van der Waals surface area (Å²) in [6, 6.07) is 9.98. The molecule has 1 atom stereocenters. The lowest BCUT2D eigenvalue weighted by molar-refractivity contribution is -0.119. The third kappa shape index (κ3) is 3.77. The van der Waals surface area contributed by atoms with Crippen molar-refractivity contribution >= 4 is 17.6 Å². The minimum Gasteiger partial charge on any atom is -0.338 e. The van der Waals surface area contributed by atoms with Crippen molar-refractivity contribution in [3.63, 3.8) is 0 Å². The molecule has 1 aromatic carbocycles. The third-order valence-electron chi connectivity index (χ3n) is 6.33. The maximum absolute atomic E-state index is 12.8. The van der Waals surface area contributed by atoms with Crippen molar-refractivity contribution < 1.29 is 9.59 Å². The van der Waals surface area contributed by atoms with Gasteiger partial charge >= 0.3 is 0 Å². The number of nitrogens with zero attached hydrogens (tertiary/aromatic N) is 6. The van der Waals surface area contributed by atoms with Gasteiger partial charge in [-0.05, 0) is 25.3 Å². The fourth-order valence-electron chi connectivity index (χ4n) is 4.58. The molecule has 2 aliphatic heterocycles. The molecule has 0 unspecified atom stereocenters. The van der Waals surface area contributed by atoms with E-state index in [1.807, 2.05) is 42.2 Å². The maximum Gasteiger partial charge on any atom is 0.257 e. The minimum atomic E-state index is -0.0174. The van der Waals surface area contributed by atoms with Crippen molar-refractivity contribution in [3.8, 4) is 0 Å². The molecule has 0 aliphatic carbocycles. The summed E-state index contributed by atoms with van der Waals surface area (Å²) >= 11 is 0. The van der Waals surface area contributed by atoms with Gasteiger partial charge in [0.05, 0.1) is 18.3 Å². The highest BCUT2D eigenvalue weighted by atomic mass is 16.2. The molecule has 1 fully saturated rings. The molecule has 0 saturated carbocycles. The number of fused-ring (bicyclic) bond motifs is 1. The number of carbonyl (C=O) groups excluding carboxylic acids is 2. The number of hydrogen-bond donors (Lipinski definition) is 0. The van der Waals surface area contributed by atoms with Crippen LogP contribution in [0, 0.1) is 6.92 Å². The SMILES string of the molecule is Cc1nc([C@H]2CCN(C(=O)c3cnn(C)c3)C2)nc2c1CCC(=O)N2Cc1ccccc1. The van der Waals surface area contributed by atoms with Gasteiger partial charge in [0.2, 0.25) is 5.91 Å². The normalized spacial score (nSPS) is 18.2. The monoisotopic (exact) mass is 430 g/mol. The lowest BCUT2D eigenvalue weighted by Crippen LogP contribution is -2.36. The number of likely N-dealkylation sites (tertiary alicyclic amines) is 1. The van der Waals surface area contributed by atoms with Gasteiger partial charge in [-0.3, -0.25) is 19.2 Å². The summed E-state index contributed by atoms with van der Waals surface area (Å²) in [6.45, 7) is 3.72. The summed E-state index contributed by atoms with van der Waals surface area (Å²) in [7, 11) is 1.80. The van der Waals surface area contributed by atoms with E-state index >= 15 is 0 Å². The molecule has 5 rings (SSSR count). The van der Waals surface area contributed by atoms with Crippen molar-refractivity contribution in [1.29, 1.82) is 0 Å². The van der Waals surface area contributed by atoms with Crippen LogP contribution in [0.15, 0.2) is 42.7 Å². The summed E-state index contributed by atoms with van der Waals surface area (Å²) in [4.78, 5) is 39.0. The van der Waals surface area contributed by atoms with E-state index < -0.39 is 0 Å². The number of anilines is 1. The van der Waals surface area contributed by atoms with Gasteiger partial charge in [0.25, 0.3) is 5.91 Å². The molecular formula is C24H26N6O2. The van der Waals surface area contributed by atoms with Crippen molar-refractivity contribution in [2.75, 3.05) is 18.0 Å². The van der Waals surface area contributed by atoms with Crippen LogP contribution in [-0.2, 0) is 24.8 Å². The average Bonchev–Trinajstić information content (AvgIpc) is 3.45. The van der Waals surface area contributed by atoms with Crippen LogP contribution in [0.4, 0.5) is 5.82 Å². The quantitative estimate of drug-likeness (QED) is 0.635. The van der Waals surface area contributed by atoms with Crippen LogP contribution in [0.25, 0.3) is 0 Å². The number of amides is 2. The molecule has 0 spiro atoms. The van der Waals surface area contributed by atoms with Gasteiger partial charge in [-0.15, -0.1) is 0 Å². The van der Waals surface area contributed by atoms with Crippen LogP contribution in [0.2, 0.25) is 0 Å². The molecular weight excluding hydrogens is 404 g/mol. The van der Waals surface area contributed by atoms with Gasteiger partial charge in [-0.1, -0.05) is 30.3 Å². The zero-order valence-corrected chi connectivity index (χ0v) is 18.4. The van der Waals surface area contributed by atoms with E-state index in [0.717, 1.165) is 34.9 Å². The van der Waals surface area contributed by atoms with E-state index in [-0.39, 0.29) is 17.7 Å². The van der Waals surface area contributed by atoms with Crippen molar-refractivity contribution in [2.45, 2.75) is 38.6 Å². The highest BCUT2D eigenvalue weighted by Crippen LogP contribution is 2.33. The first-order valence-corrected chi connectivity index (χ1v) is 11.0. The van der Waals surface area contributed by atoms with Crippen molar-refractivity contribution in [2.24, 2.45) is 7.05 Å². The Morgan fingerprint density at radius 3 is 2.72 bits per heavy atom. The molecule has 2 aliphatic rings. The number of benzene rings is 1. The molecule has 4 heterocycles. The van der Waals surface area contributed by atoms with E-state index in [2.05, 4.69) is 5.10 Å². The summed E-state index contributed by atoms with van der Waals surface area (Å²) in [5.74, 6) is 1.57. The molecule has 1 saturated heterocycles. The van der Waals surface area contributed by atoms with Gasteiger partial charge < -0.3 is 4.90 Å². The van der Waals surface area contributed by atoms with E-state index in [4.69, 9.17) is 9.97 Å². The zero-order chi connectivity index (χ0) is 22.2. The molecule has 8 heteroatoms. The Morgan fingerprint density at radius 1 is 1.16 bits per heavy atom. The number of rotatable bonds is 4. The van der Waals surface area contributed by atoms with Crippen LogP contribution in [0.1, 0.15) is 51.8 Å². The number of carbonyl (C=O) groups is 2. The summed E-state index contributed by atoms with van der Waals surface area (Å²) < 4.78 is 1.63. The first-order chi connectivity index (χ1) is 15.5.